The first-order chi connectivity index (χ1) is 9.70. The van der Waals surface area contributed by atoms with Crippen LogP contribution in [-0.4, -0.2) is 25.0 Å². The zero-order valence-electron chi connectivity index (χ0n) is 11.5. The molecule has 6 nitrogen and oxygen atoms in total. The Labute approximate surface area is 138 Å². The summed E-state index contributed by atoms with van der Waals surface area (Å²) in [5, 5.41) is 2.18. The average Bonchev–Trinajstić information content (AvgIpc) is 2.39. The van der Waals surface area contributed by atoms with E-state index in [1.165, 1.54) is 27.0 Å². The Bertz CT molecular complexity index is 658. The predicted molar refractivity (Wildman–Crippen MR) is 83.2 cm³/mol. The fourth-order valence-electron chi connectivity index (χ4n) is 1.84. The molecule has 0 spiro atoms. The van der Waals surface area contributed by atoms with E-state index < -0.39 is 23.3 Å². The van der Waals surface area contributed by atoms with Gasteiger partial charge in [0, 0.05) is 10.5 Å². The highest BCUT2D eigenvalue weighted by Crippen LogP contribution is 2.39. The Morgan fingerprint density at radius 1 is 1.14 bits per heavy atom. The Morgan fingerprint density at radius 2 is 1.76 bits per heavy atom. The van der Waals surface area contributed by atoms with Crippen LogP contribution in [0.3, 0.4) is 0 Å². The number of methoxy groups -OCH3 is 1. The van der Waals surface area contributed by atoms with Gasteiger partial charge < -0.3 is 4.74 Å². The molecular weight excluding hydrogens is 408 g/mol. The monoisotopic (exact) mass is 418 g/mol. The van der Waals surface area contributed by atoms with E-state index >= 15 is 0 Å². The van der Waals surface area contributed by atoms with Crippen molar-refractivity contribution < 1.29 is 19.1 Å². The molecule has 1 aromatic rings. The Hall–Kier alpha value is -1.41. The number of urea groups is 1. The zero-order valence-corrected chi connectivity index (χ0v) is 14.7. The van der Waals surface area contributed by atoms with Gasteiger partial charge in [0.25, 0.3) is 0 Å². The van der Waals surface area contributed by atoms with Crippen molar-refractivity contribution in [2.45, 2.75) is 13.8 Å². The van der Waals surface area contributed by atoms with Crippen molar-refractivity contribution in [3.63, 3.8) is 0 Å². The second kappa shape index (κ2) is 5.42. The van der Waals surface area contributed by atoms with Crippen molar-refractivity contribution in [2.24, 2.45) is 5.41 Å². The van der Waals surface area contributed by atoms with Gasteiger partial charge >= 0.3 is 6.03 Å². The van der Waals surface area contributed by atoms with Crippen molar-refractivity contribution in [3.05, 3.63) is 21.1 Å². The van der Waals surface area contributed by atoms with E-state index in [1.807, 2.05) is 0 Å². The topological polar surface area (TPSA) is 75.7 Å². The minimum atomic E-state index is -1.33. The second-order valence-electron chi connectivity index (χ2n) is 4.96. The van der Waals surface area contributed by atoms with Gasteiger partial charge in [-0.3, -0.25) is 14.9 Å². The molecule has 0 radical (unpaired) electrons. The summed E-state index contributed by atoms with van der Waals surface area (Å²) in [6.07, 6.45) is 0. The van der Waals surface area contributed by atoms with Gasteiger partial charge in [-0.1, -0.05) is 0 Å². The molecule has 1 aliphatic heterocycles. The number of ether oxygens (including phenoxy) is 1. The first-order valence-corrected chi connectivity index (χ1v) is 7.51. The molecule has 8 heteroatoms. The molecular formula is C13H12Br2N2O4. The highest BCUT2D eigenvalue weighted by atomic mass is 79.9. The molecule has 0 bridgehead atoms. The van der Waals surface area contributed by atoms with Crippen LogP contribution in [0.1, 0.15) is 13.8 Å². The van der Waals surface area contributed by atoms with Gasteiger partial charge in [0.1, 0.15) is 11.2 Å². The lowest BCUT2D eigenvalue weighted by atomic mass is 9.88. The third kappa shape index (κ3) is 2.57. The van der Waals surface area contributed by atoms with Gasteiger partial charge in [-0.05, 0) is 51.8 Å². The molecule has 2 rings (SSSR count). The summed E-state index contributed by atoms with van der Waals surface area (Å²) in [6, 6.07) is 2.42. The maximum atomic E-state index is 12.5. The Balaban J connectivity index is 2.57. The van der Waals surface area contributed by atoms with E-state index in [2.05, 4.69) is 37.2 Å². The van der Waals surface area contributed by atoms with E-state index in [0.717, 1.165) is 4.90 Å². The smallest absolute Gasteiger partial charge is 0.335 e. The summed E-state index contributed by atoms with van der Waals surface area (Å²) >= 11 is 6.62. The highest BCUT2D eigenvalue weighted by molar-refractivity contribution is 9.11. The maximum Gasteiger partial charge on any atom is 0.335 e. The lowest BCUT2D eigenvalue weighted by Gasteiger charge is -2.35. The van der Waals surface area contributed by atoms with Crippen molar-refractivity contribution in [3.8, 4) is 5.75 Å². The first-order valence-electron chi connectivity index (χ1n) is 5.93. The number of halogens is 2. The molecule has 0 atom stereocenters. The van der Waals surface area contributed by atoms with Crippen molar-refractivity contribution in [2.75, 3.05) is 12.0 Å². The number of amides is 4. The molecule has 112 valence electrons. The van der Waals surface area contributed by atoms with Gasteiger partial charge in [-0.2, -0.15) is 0 Å². The van der Waals surface area contributed by atoms with Crippen molar-refractivity contribution in [1.82, 2.24) is 5.32 Å². The summed E-state index contributed by atoms with van der Waals surface area (Å²) in [5.74, 6) is -0.751. The standard InChI is InChI=1S/C13H12Br2N2O4/c1-13(2)10(18)16-12(20)17(11(13)19)8-5-9(21-3)7(15)4-6(8)14/h4-5H,1-3H3,(H,16,18,20). The SMILES string of the molecule is COc1cc(N2C(=O)NC(=O)C(C)(C)C2=O)c(Br)cc1Br. The van der Waals surface area contributed by atoms with Crippen LogP contribution in [-0.2, 0) is 9.59 Å². The summed E-state index contributed by atoms with van der Waals surface area (Å²) < 4.78 is 6.36. The summed E-state index contributed by atoms with van der Waals surface area (Å²) in [5.41, 5.74) is -1.02. The van der Waals surface area contributed by atoms with Gasteiger partial charge in [-0.25, -0.2) is 9.69 Å². The molecule has 1 aliphatic rings. The Kier molecular flexibility index (Phi) is 4.12. The average molecular weight is 420 g/mol. The number of anilines is 1. The van der Waals surface area contributed by atoms with Crippen LogP contribution in [0.25, 0.3) is 0 Å². The van der Waals surface area contributed by atoms with E-state index in [4.69, 9.17) is 4.74 Å². The number of nitrogens with one attached hydrogen (secondary N) is 1. The number of carbonyl (C=O) groups is 3. The molecule has 1 aromatic carbocycles. The first kappa shape index (κ1) is 16.0. The molecule has 21 heavy (non-hydrogen) atoms. The van der Waals surface area contributed by atoms with Crippen LogP contribution in [0.5, 0.6) is 5.75 Å². The molecule has 1 N–H and O–H groups in total. The van der Waals surface area contributed by atoms with Crippen LogP contribution >= 0.6 is 31.9 Å². The van der Waals surface area contributed by atoms with Gasteiger partial charge in [0.05, 0.1) is 17.3 Å². The maximum absolute atomic E-state index is 12.5. The van der Waals surface area contributed by atoms with E-state index in [-0.39, 0.29) is 0 Å². The number of rotatable bonds is 2. The highest BCUT2D eigenvalue weighted by Gasteiger charge is 2.48. The number of hydrogen-bond acceptors (Lipinski definition) is 4. The van der Waals surface area contributed by atoms with E-state index in [9.17, 15) is 14.4 Å². The number of nitrogens with zero attached hydrogens (tertiary/aromatic N) is 1. The normalized spacial score (nSPS) is 17.8. The van der Waals surface area contributed by atoms with Crippen LogP contribution in [0.2, 0.25) is 0 Å². The zero-order chi connectivity index (χ0) is 15.9. The van der Waals surface area contributed by atoms with Crippen LogP contribution < -0.4 is 15.0 Å². The third-order valence-electron chi connectivity index (χ3n) is 3.19. The fraction of sp³-hybridized carbons (Fsp3) is 0.308. The number of hydrogen-bond donors (Lipinski definition) is 1. The minimum absolute atomic E-state index is 0.304. The summed E-state index contributed by atoms with van der Waals surface area (Å²) in [4.78, 5) is 37.2. The molecule has 1 saturated heterocycles. The van der Waals surface area contributed by atoms with Crippen molar-refractivity contribution in [1.29, 1.82) is 0 Å². The largest absolute Gasteiger partial charge is 0.495 e. The van der Waals surface area contributed by atoms with Gasteiger partial charge in [0.15, 0.2) is 0 Å². The lowest BCUT2D eigenvalue weighted by molar-refractivity contribution is -0.140. The molecule has 0 saturated carbocycles. The molecule has 0 aliphatic carbocycles. The van der Waals surface area contributed by atoms with Gasteiger partial charge in [0.2, 0.25) is 11.8 Å². The molecule has 0 unspecified atom stereocenters. The second-order valence-corrected chi connectivity index (χ2v) is 6.67. The molecule has 1 fully saturated rings. The lowest BCUT2D eigenvalue weighted by Crippen LogP contribution is -2.62. The predicted octanol–water partition coefficient (Wildman–Crippen LogP) is 2.83. The number of barbiturate groups is 1. The van der Waals surface area contributed by atoms with Gasteiger partial charge in [-0.15, -0.1) is 0 Å². The van der Waals surface area contributed by atoms with Crippen LogP contribution in [0.4, 0.5) is 10.5 Å². The number of imide groups is 2. The molecule has 0 aromatic heterocycles. The van der Waals surface area contributed by atoms with Crippen LogP contribution in [0, 0.1) is 5.41 Å². The molecule has 1 heterocycles. The minimum Gasteiger partial charge on any atom is -0.495 e. The quantitative estimate of drug-likeness (QED) is 0.748. The Morgan fingerprint density at radius 3 is 2.33 bits per heavy atom. The fourth-order valence-corrected chi connectivity index (χ4v) is 3.18. The number of carbonyl (C=O) groups excluding carboxylic acids is 3. The van der Waals surface area contributed by atoms with Crippen molar-refractivity contribution >= 4 is 55.4 Å². The number of benzene rings is 1. The summed E-state index contributed by atoms with van der Waals surface area (Å²) in [6.45, 7) is 2.93. The third-order valence-corrected chi connectivity index (χ3v) is 4.45. The summed E-state index contributed by atoms with van der Waals surface area (Å²) in [7, 11) is 1.48. The van der Waals surface area contributed by atoms with E-state index in [0.29, 0.717) is 20.4 Å². The molecule has 4 amide bonds. The van der Waals surface area contributed by atoms with Crippen LogP contribution in [0.15, 0.2) is 21.1 Å². The van der Waals surface area contributed by atoms with E-state index in [1.54, 1.807) is 6.07 Å².